The normalized spacial score (nSPS) is 16.1. The molecule has 1 saturated heterocycles. The molecule has 5 nitrogen and oxygen atoms in total. The number of halogens is 2. The van der Waals surface area contributed by atoms with Gasteiger partial charge in [0.1, 0.15) is 4.90 Å². The van der Waals surface area contributed by atoms with Gasteiger partial charge in [0.05, 0.1) is 5.02 Å². The third-order valence-electron chi connectivity index (χ3n) is 5.01. The molecule has 0 saturated carbocycles. The molecule has 0 spiro atoms. The first-order valence-corrected chi connectivity index (χ1v) is 11.2. The molecule has 0 bridgehead atoms. The van der Waals surface area contributed by atoms with Crippen molar-refractivity contribution >= 4 is 39.1 Å². The molecular weight excluding hydrogens is 419 g/mol. The molecule has 0 atom stereocenters. The van der Waals surface area contributed by atoms with E-state index >= 15 is 0 Å². The summed E-state index contributed by atoms with van der Waals surface area (Å²) in [6.45, 7) is 4.01. The highest BCUT2D eigenvalue weighted by Crippen LogP contribution is 2.35. The van der Waals surface area contributed by atoms with Gasteiger partial charge in [0, 0.05) is 29.7 Å². The van der Waals surface area contributed by atoms with Crippen molar-refractivity contribution in [2.75, 3.05) is 13.1 Å². The van der Waals surface area contributed by atoms with Crippen LogP contribution in [0, 0.1) is 13.8 Å². The molecule has 1 aliphatic heterocycles. The first-order chi connectivity index (χ1) is 13.2. The zero-order valence-corrected chi connectivity index (χ0v) is 18.0. The summed E-state index contributed by atoms with van der Waals surface area (Å²) < 4.78 is 27.8. The maximum Gasteiger partial charge on any atom is 0.251 e. The van der Waals surface area contributed by atoms with E-state index < -0.39 is 10.0 Å². The fraction of sp³-hybridized carbons (Fsp3) is 0.350. The van der Waals surface area contributed by atoms with Crippen LogP contribution < -0.4 is 5.32 Å². The number of piperidine rings is 1. The van der Waals surface area contributed by atoms with Gasteiger partial charge in [-0.1, -0.05) is 41.4 Å². The van der Waals surface area contributed by atoms with Gasteiger partial charge in [-0.3, -0.25) is 4.79 Å². The third-order valence-corrected chi connectivity index (χ3v) is 8.07. The first kappa shape index (κ1) is 21.1. The molecule has 28 heavy (non-hydrogen) atoms. The van der Waals surface area contributed by atoms with E-state index in [1.165, 1.54) is 4.31 Å². The first-order valence-electron chi connectivity index (χ1n) is 9.03. The second-order valence-corrected chi connectivity index (χ2v) is 9.62. The molecule has 0 aromatic heterocycles. The number of hydrogen-bond donors (Lipinski definition) is 1. The quantitative estimate of drug-likeness (QED) is 0.774. The molecule has 3 rings (SSSR count). The van der Waals surface area contributed by atoms with Gasteiger partial charge in [-0.2, -0.15) is 4.31 Å². The van der Waals surface area contributed by atoms with Gasteiger partial charge in [-0.15, -0.1) is 0 Å². The minimum absolute atomic E-state index is 0.0724. The van der Waals surface area contributed by atoms with Crippen LogP contribution in [0.3, 0.4) is 0 Å². The zero-order chi connectivity index (χ0) is 20.5. The molecule has 2 aromatic carbocycles. The molecule has 0 radical (unpaired) electrons. The predicted molar refractivity (Wildman–Crippen MR) is 112 cm³/mol. The Hall–Kier alpha value is -1.60. The van der Waals surface area contributed by atoms with Crippen LogP contribution in [-0.4, -0.2) is 37.8 Å². The number of aryl methyl sites for hydroxylation is 1. The van der Waals surface area contributed by atoms with E-state index in [4.69, 9.17) is 23.2 Å². The van der Waals surface area contributed by atoms with Crippen LogP contribution in [0.15, 0.2) is 41.3 Å². The number of hydrogen-bond acceptors (Lipinski definition) is 3. The number of carbonyl (C=O) groups excluding carboxylic acids is 1. The summed E-state index contributed by atoms with van der Waals surface area (Å²) in [7, 11) is -3.77. The average Bonchev–Trinajstić information content (AvgIpc) is 2.67. The maximum absolute atomic E-state index is 13.2. The van der Waals surface area contributed by atoms with E-state index in [2.05, 4.69) is 5.32 Å². The lowest BCUT2D eigenvalue weighted by Gasteiger charge is -2.32. The molecular formula is C20H22Cl2N2O3S. The van der Waals surface area contributed by atoms with Crippen molar-refractivity contribution in [2.24, 2.45) is 0 Å². The summed E-state index contributed by atoms with van der Waals surface area (Å²) in [5.74, 6) is -0.147. The number of nitrogens with one attached hydrogen (secondary N) is 1. The Balaban J connectivity index is 1.72. The molecule has 8 heteroatoms. The van der Waals surface area contributed by atoms with Crippen molar-refractivity contribution in [2.45, 2.75) is 37.6 Å². The van der Waals surface area contributed by atoms with E-state index in [1.807, 2.05) is 18.2 Å². The topological polar surface area (TPSA) is 66.5 Å². The fourth-order valence-corrected chi connectivity index (χ4v) is 5.99. The van der Waals surface area contributed by atoms with Crippen LogP contribution in [-0.2, 0) is 10.0 Å². The van der Waals surface area contributed by atoms with Gasteiger partial charge in [0.25, 0.3) is 5.91 Å². The Morgan fingerprint density at radius 2 is 1.71 bits per heavy atom. The number of rotatable bonds is 4. The monoisotopic (exact) mass is 440 g/mol. The standard InChI is InChI=1S/C20H22Cl2N2O3S/c1-13-12-17(21)14(2)19(18(13)22)28(26,27)24-10-8-16(9-11-24)23-20(25)15-6-4-3-5-7-15/h3-7,12,16H,8-11H2,1-2H3,(H,23,25). The van der Waals surface area contributed by atoms with Crippen molar-refractivity contribution in [3.8, 4) is 0 Å². The summed E-state index contributed by atoms with van der Waals surface area (Å²) in [6, 6.07) is 10.6. The summed E-state index contributed by atoms with van der Waals surface area (Å²) in [5.41, 5.74) is 1.67. The van der Waals surface area contributed by atoms with Crippen LogP contribution in [0.1, 0.15) is 34.3 Å². The molecule has 0 unspecified atom stereocenters. The molecule has 0 aliphatic carbocycles. The summed E-state index contributed by atoms with van der Waals surface area (Å²) in [4.78, 5) is 12.4. The Bertz CT molecular complexity index is 960. The van der Waals surface area contributed by atoms with E-state index in [9.17, 15) is 13.2 Å². The summed E-state index contributed by atoms with van der Waals surface area (Å²) >= 11 is 12.5. The number of carbonyl (C=O) groups is 1. The number of benzene rings is 2. The molecule has 1 heterocycles. The lowest BCUT2D eigenvalue weighted by molar-refractivity contribution is 0.0924. The Morgan fingerprint density at radius 3 is 2.32 bits per heavy atom. The lowest BCUT2D eigenvalue weighted by Crippen LogP contribution is -2.46. The van der Waals surface area contributed by atoms with E-state index in [-0.39, 0.29) is 21.9 Å². The second-order valence-electron chi connectivity index (χ2n) is 6.96. The summed E-state index contributed by atoms with van der Waals surface area (Å²) in [5, 5.41) is 3.57. The minimum Gasteiger partial charge on any atom is -0.349 e. The van der Waals surface area contributed by atoms with Gasteiger partial charge in [0.2, 0.25) is 10.0 Å². The van der Waals surface area contributed by atoms with Crippen molar-refractivity contribution in [1.82, 2.24) is 9.62 Å². The highest BCUT2D eigenvalue weighted by molar-refractivity contribution is 7.89. The van der Waals surface area contributed by atoms with E-state index in [0.29, 0.717) is 47.6 Å². The number of nitrogens with zero attached hydrogens (tertiary/aromatic N) is 1. The Labute approximate surface area is 175 Å². The summed E-state index contributed by atoms with van der Waals surface area (Å²) in [6.07, 6.45) is 1.07. The van der Waals surface area contributed by atoms with Crippen LogP contribution in [0.2, 0.25) is 10.0 Å². The van der Waals surface area contributed by atoms with Gasteiger partial charge in [-0.25, -0.2) is 8.42 Å². The third kappa shape index (κ3) is 4.20. The average molecular weight is 441 g/mol. The molecule has 150 valence electrons. The smallest absolute Gasteiger partial charge is 0.251 e. The van der Waals surface area contributed by atoms with Crippen molar-refractivity contribution in [3.63, 3.8) is 0 Å². The van der Waals surface area contributed by atoms with Gasteiger partial charge in [-0.05, 0) is 56.0 Å². The second kappa shape index (κ2) is 8.41. The molecule has 1 aliphatic rings. The van der Waals surface area contributed by atoms with Crippen LogP contribution >= 0.6 is 23.2 Å². The highest BCUT2D eigenvalue weighted by atomic mass is 35.5. The van der Waals surface area contributed by atoms with Crippen molar-refractivity contribution in [1.29, 1.82) is 0 Å². The Morgan fingerprint density at radius 1 is 1.11 bits per heavy atom. The van der Waals surface area contributed by atoms with Crippen molar-refractivity contribution in [3.05, 3.63) is 63.1 Å². The largest absolute Gasteiger partial charge is 0.349 e. The predicted octanol–water partition coefficient (Wildman–Crippen LogP) is 4.19. The molecule has 1 fully saturated rings. The number of amides is 1. The van der Waals surface area contributed by atoms with Crippen molar-refractivity contribution < 1.29 is 13.2 Å². The van der Waals surface area contributed by atoms with Crippen LogP contribution in [0.5, 0.6) is 0 Å². The lowest BCUT2D eigenvalue weighted by atomic mass is 10.1. The highest BCUT2D eigenvalue weighted by Gasteiger charge is 2.33. The van der Waals surface area contributed by atoms with E-state index in [1.54, 1.807) is 32.0 Å². The molecule has 1 N–H and O–H groups in total. The van der Waals surface area contributed by atoms with Gasteiger partial charge in [0.15, 0.2) is 0 Å². The maximum atomic E-state index is 13.2. The fourth-order valence-electron chi connectivity index (χ4n) is 3.35. The van der Waals surface area contributed by atoms with Gasteiger partial charge < -0.3 is 5.32 Å². The zero-order valence-electron chi connectivity index (χ0n) is 15.7. The molecule has 1 amide bonds. The minimum atomic E-state index is -3.77. The van der Waals surface area contributed by atoms with Crippen LogP contribution in [0.4, 0.5) is 0 Å². The van der Waals surface area contributed by atoms with E-state index in [0.717, 1.165) is 0 Å². The SMILES string of the molecule is Cc1cc(Cl)c(C)c(S(=O)(=O)N2CCC(NC(=O)c3ccccc3)CC2)c1Cl. The Kier molecular flexibility index (Phi) is 6.34. The number of sulfonamides is 1. The van der Waals surface area contributed by atoms with Gasteiger partial charge >= 0.3 is 0 Å². The molecule has 2 aromatic rings. The van der Waals surface area contributed by atoms with Crippen LogP contribution in [0.25, 0.3) is 0 Å².